The summed E-state index contributed by atoms with van der Waals surface area (Å²) >= 11 is 0. The van der Waals surface area contributed by atoms with Crippen LogP contribution >= 0.6 is 0 Å². The molecule has 0 N–H and O–H groups in total. The van der Waals surface area contributed by atoms with E-state index in [-0.39, 0.29) is 5.91 Å². The lowest BCUT2D eigenvalue weighted by molar-refractivity contribution is 0.0789. The lowest BCUT2D eigenvalue weighted by Crippen LogP contribution is -2.30. The minimum Gasteiger partial charge on any atom is -0.340 e. The molecule has 2 aromatic rings. The third kappa shape index (κ3) is 2.68. The molecule has 1 amide bonds. The molecule has 5 heteroatoms. The first-order valence-corrected chi connectivity index (χ1v) is 7.36. The Morgan fingerprint density at radius 2 is 2.10 bits per heavy atom. The Morgan fingerprint density at radius 1 is 1.33 bits per heavy atom. The van der Waals surface area contributed by atoms with Crippen molar-refractivity contribution < 1.29 is 4.79 Å². The molecule has 0 unspecified atom stereocenters. The number of hydrogen-bond acceptors (Lipinski definition) is 3. The summed E-state index contributed by atoms with van der Waals surface area (Å²) in [4.78, 5) is 18.3. The third-order valence-electron chi connectivity index (χ3n) is 4.15. The number of aryl methyl sites for hydroxylation is 1. The quantitative estimate of drug-likeness (QED) is 0.857. The Balaban J connectivity index is 1.69. The maximum absolute atomic E-state index is 12.6. The molecule has 0 atom stereocenters. The number of rotatable bonds is 4. The Labute approximate surface area is 124 Å². The van der Waals surface area contributed by atoms with E-state index in [2.05, 4.69) is 10.1 Å². The maximum Gasteiger partial charge on any atom is 0.274 e. The largest absolute Gasteiger partial charge is 0.340 e. The summed E-state index contributed by atoms with van der Waals surface area (Å²) in [5, 5.41) is 4.42. The van der Waals surface area contributed by atoms with E-state index in [1.165, 1.54) is 11.3 Å². The first-order valence-electron chi connectivity index (χ1n) is 7.36. The molecule has 0 radical (unpaired) electrons. The summed E-state index contributed by atoms with van der Waals surface area (Å²) in [5.41, 5.74) is 4.21. The average Bonchev–Trinajstić information content (AvgIpc) is 3.09. The van der Waals surface area contributed by atoms with Crippen molar-refractivity contribution in [1.29, 1.82) is 0 Å². The lowest BCUT2D eigenvalue weighted by atomic mass is 10.1. The molecule has 5 nitrogen and oxygen atoms in total. The van der Waals surface area contributed by atoms with Gasteiger partial charge in [0.25, 0.3) is 5.91 Å². The molecule has 1 aliphatic rings. The Bertz CT molecular complexity index is 648. The number of pyridine rings is 1. The van der Waals surface area contributed by atoms with Gasteiger partial charge in [-0.2, -0.15) is 5.10 Å². The summed E-state index contributed by atoms with van der Waals surface area (Å²) in [7, 11) is 3.78. The zero-order chi connectivity index (χ0) is 14.8. The van der Waals surface area contributed by atoms with Gasteiger partial charge in [-0.15, -0.1) is 0 Å². The molecular formula is C16H20N4O. The monoisotopic (exact) mass is 284 g/mol. The molecule has 0 fully saturated rings. The number of carbonyl (C=O) groups excluding carboxylic acids is 1. The third-order valence-corrected chi connectivity index (χ3v) is 4.15. The van der Waals surface area contributed by atoms with Crippen molar-refractivity contribution >= 4 is 5.91 Å². The van der Waals surface area contributed by atoms with E-state index in [4.69, 9.17) is 0 Å². The van der Waals surface area contributed by atoms with E-state index in [1.54, 1.807) is 17.3 Å². The fourth-order valence-electron chi connectivity index (χ4n) is 2.91. The molecule has 0 saturated carbocycles. The van der Waals surface area contributed by atoms with Gasteiger partial charge in [-0.1, -0.05) is 0 Å². The number of fused-ring (bicyclic) bond motifs is 1. The highest BCUT2D eigenvalue weighted by Crippen LogP contribution is 2.25. The van der Waals surface area contributed by atoms with Crippen LogP contribution in [-0.2, 0) is 26.3 Å². The van der Waals surface area contributed by atoms with Crippen LogP contribution in [0.25, 0.3) is 0 Å². The molecule has 0 saturated heterocycles. The standard InChI is InChI=1S/C16H20N4O/c1-19(11-8-12-6-9-17-10-7-12)16(21)15-13-4-3-5-14(13)20(2)18-15/h6-7,9-10H,3-5,8,11H2,1-2H3. The van der Waals surface area contributed by atoms with Crippen LogP contribution in [0.1, 0.15) is 33.7 Å². The van der Waals surface area contributed by atoms with Crippen molar-refractivity contribution in [3.63, 3.8) is 0 Å². The highest BCUT2D eigenvalue weighted by Gasteiger charge is 2.26. The minimum absolute atomic E-state index is 0.0304. The van der Waals surface area contributed by atoms with Crippen LogP contribution in [0.5, 0.6) is 0 Å². The second-order valence-electron chi connectivity index (χ2n) is 5.58. The van der Waals surface area contributed by atoms with Crippen LogP contribution in [0, 0.1) is 0 Å². The van der Waals surface area contributed by atoms with E-state index < -0.39 is 0 Å². The SMILES string of the molecule is CN(CCc1ccncc1)C(=O)c1nn(C)c2c1CCC2. The normalized spacial score (nSPS) is 13.2. The molecule has 3 rings (SSSR count). The summed E-state index contributed by atoms with van der Waals surface area (Å²) < 4.78 is 1.87. The molecule has 1 aliphatic carbocycles. The van der Waals surface area contributed by atoms with Gasteiger partial charge in [-0.25, -0.2) is 0 Å². The fraction of sp³-hybridized carbons (Fsp3) is 0.438. The van der Waals surface area contributed by atoms with Crippen LogP contribution in [0.2, 0.25) is 0 Å². The topological polar surface area (TPSA) is 51.0 Å². The van der Waals surface area contributed by atoms with E-state index in [1.807, 2.05) is 30.9 Å². The number of carbonyl (C=O) groups is 1. The molecule has 0 aromatic carbocycles. The van der Waals surface area contributed by atoms with Crippen molar-refractivity contribution in [2.24, 2.45) is 7.05 Å². The Morgan fingerprint density at radius 3 is 2.86 bits per heavy atom. The summed E-state index contributed by atoms with van der Waals surface area (Å²) in [5.74, 6) is 0.0304. The number of amides is 1. The van der Waals surface area contributed by atoms with Gasteiger partial charge < -0.3 is 4.90 Å². The van der Waals surface area contributed by atoms with Crippen LogP contribution in [-0.4, -0.2) is 39.2 Å². The van der Waals surface area contributed by atoms with Crippen molar-refractivity contribution in [2.45, 2.75) is 25.7 Å². The first kappa shape index (κ1) is 13.8. The van der Waals surface area contributed by atoms with E-state index in [0.717, 1.165) is 31.2 Å². The fourth-order valence-corrected chi connectivity index (χ4v) is 2.91. The smallest absolute Gasteiger partial charge is 0.274 e. The van der Waals surface area contributed by atoms with Gasteiger partial charge in [-0.05, 0) is 43.4 Å². The Kier molecular flexibility index (Phi) is 3.73. The van der Waals surface area contributed by atoms with Gasteiger partial charge in [0.15, 0.2) is 5.69 Å². The van der Waals surface area contributed by atoms with Crippen LogP contribution in [0.3, 0.4) is 0 Å². The average molecular weight is 284 g/mol. The molecule has 0 bridgehead atoms. The number of hydrogen-bond donors (Lipinski definition) is 0. The zero-order valence-electron chi connectivity index (χ0n) is 12.5. The first-order chi connectivity index (χ1) is 10.2. The molecule has 2 aromatic heterocycles. The van der Waals surface area contributed by atoms with Gasteiger partial charge >= 0.3 is 0 Å². The second kappa shape index (κ2) is 5.68. The van der Waals surface area contributed by atoms with Gasteiger partial charge in [-0.3, -0.25) is 14.5 Å². The van der Waals surface area contributed by atoms with Gasteiger partial charge in [0.05, 0.1) is 0 Å². The van der Waals surface area contributed by atoms with Crippen molar-refractivity contribution in [2.75, 3.05) is 13.6 Å². The van der Waals surface area contributed by atoms with Gasteiger partial charge in [0, 0.05) is 44.3 Å². The zero-order valence-corrected chi connectivity index (χ0v) is 12.5. The molecule has 0 spiro atoms. The predicted octanol–water partition coefficient (Wildman–Crippen LogP) is 1.62. The van der Waals surface area contributed by atoms with E-state index in [0.29, 0.717) is 12.2 Å². The minimum atomic E-state index is 0.0304. The van der Waals surface area contributed by atoms with Crippen LogP contribution in [0.4, 0.5) is 0 Å². The number of nitrogens with zero attached hydrogens (tertiary/aromatic N) is 4. The predicted molar refractivity (Wildman–Crippen MR) is 80.1 cm³/mol. The summed E-state index contributed by atoms with van der Waals surface area (Å²) in [6.07, 6.45) is 7.53. The highest BCUT2D eigenvalue weighted by atomic mass is 16.2. The van der Waals surface area contributed by atoms with Gasteiger partial charge in [0.2, 0.25) is 0 Å². The number of aromatic nitrogens is 3. The Hall–Kier alpha value is -2.17. The summed E-state index contributed by atoms with van der Waals surface area (Å²) in [6, 6.07) is 3.97. The van der Waals surface area contributed by atoms with Crippen molar-refractivity contribution in [3.8, 4) is 0 Å². The maximum atomic E-state index is 12.6. The molecule has 0 aliphatic heterocycles. The summed E-state index contributed by atoms with van der Waals surface area (Å²) in [6.45, 7) is 0.689. The van der Waals surface area contributed by atoms with Crippen molar-refractivity contribution in [3.05, 3.63) is 47.0 Å². The van der Waals surface area contributed by atoms with Crippen LogP contribution in [0.15, 0.2) is 24.5 Å². The van der Waals surface area contributed by atoms with E-state index >= 15 is 0 Å². The van der Waals surface area contributed by atoms with Crippen molar-refractivity contribution in [1.82, 2.24) is 19.7 Å². The second-order valence-corrected chi connectivity index (χ2v) is 5.58. The van der Waals surface area contributed by atoms with Gasteiger partial charge in [0.1, 0.15) is 0 Å². The van der Waals surface area contributed by atoms with E-state index in [9.17, 15) is 4.79 Å². The lowest BCUT2D eigenvalue weighted by Gasteiger charge is -2.16. The highest BCUT2D eigenvalue weighted by molar-refractivity contribution is 5.94. The molecular weight excluding hydrogens is 264 g/mol. The molecule has 110 valence electrons. The number of likely N-dealkylation sites (N-methyl/N-ethyl adjacent to an activating group) is 1. The molecule has 21 heavy (non-hydrogen) atoms. The van der Waals surface area contributed by atoms with Crippen LogP contribution < -0.4 is 0 Å². The molecule has 2 heterocycles.